The lowest BCUT2D eigenvalue weighted by atomic mass is 10.2. The molecule has 0 unspecified atom stereocenters. The molecule has 0 heterocycles. The predicted octanol–water partition coefficient (Wildman–Crippen LogP) is 4.76. The molecule has 0 bridgehead atoms. The van der Waals surface area contributed by atoms with Gasteiger partial charge in [0.2, 0.25) is 0 Å². The van der Waals surface area contributed by atoms with Crippen molar-refractivity contribution < 1.29 is 13.2 Å². The molecular weight excluding hydrogens is 422 g/mol. The van der Waals surface area contributed by atoms with Crippen LogP contribution < -0.4 is 0 Å². The summed E-state index contributed by atoms with van der Waals surface area (Å²) in [7, 11) is -5.97. The number of aryl methyl sites for hydroxylation is 1. The highest BCUT2D eigenvalue weighted by Gasteiger charge is 2.41. The summed E-state index contributed by atoms with van der Waals surface area (Å²) in [6.07, 6.45) is 0. The lowest BCUT2D eigenvalue weighted by Crippen LogP contribution is -2.43. The van der Waals surface area contributed by atoms with E-state index in [2.05, 4.69) is 76.7 Å². The summed E-state index contributed by atoms with van der Waals surface area (Å²) in [6, 6.07) is 6.33. The SMILES string of the molecule is CC#CC(=O)N(CC#CC#C[Si](C(C)C)(C(C)C)C(C)C)S(=O)(=O)c1ccc(C)cc1. The molecule has 31 heavy (non-hydrogen) atoms. The van der Waals surface area contributed by atoms with E-state index in [1.165, 1.54) is 19.1 Å². The molecule has 4 nitrogen and oxygen atoms in total. The maximum Gasteiger partial charge on any atom is 0.313 e. The molecule has 0 aliphatic heterocycles. The van der Waals surface area contributed by atoms with Crippen LogP contribution in [0, 0.1) is 42.1 Å². The van der Waals surface area contributed by atoms with E-state index in [9.17, 15) is 13.2 Å². The maximum atomic E-state index is 13.0. The van der Waals surface area contributed by atoms with Crippen LogP contribution in [0.15, 0.2) is 29.2 Å². The van der Waals surface area contributed by atoms with Crippen LogP contribution in [0.25, 0.3) is 0 Å². The van der Waals surface area contributed by atoms with Crippen LogP contribution in [0.4, 0.5) is 0 Å². The van der Waals surface area contributed by atoms with Gasteiger partial charge < -0.3 is 0 Å². The Morgan fingerprint density at radius 3 is 1.94 bits per heavy atom. The minimum absolute atomic E-state index is 0.0306. The van der Waals surface area contributed by atoms with Gasteiger partial charge in [0.15, 0.2) is 0 Å². The van der Waals surface area contributed by atoms with Crippen LogP contribution in [0.3, 0.4) is 0 Å². The summed E-state index contributed by atoms with van der Waals surface area (Å²) in [5.74, 6) is 12.5. The normalized spacial score (nSPS) is 11.2. The highest BCUT2D eigenvalue weighted by atomic mass is 32.2. The Morgan fingerprint density at radius 2 is 1.48 bits per heavy atom. The molecule has 0 saturated heterocycles. The van der Waals surface area contributed by atoms with Gasteiger partial charge in [0.1, 0.15) is 14.6 Å². The Bertz CT molecular complexity index is 1050. The van der Waals surface area contributed by atoms with E-state index >= 15 is 0 Å². The van der Waals surface area contributed by atoms with Gasteiger partial charge in [0, 0.05) is 0 Å². The van der Waals surface area contributed by atoms with Crippen molar-refractivity contribution in [2.75, 3.05) is 6.54 Å². The van der Waals surface area contributed by atoms with Gasteiger partial charge in [-0.25, -0.2) is 12.7 Å². The molecule has 0 N–H and O–H groups in total. The maximum absolute atomic E-state index is 13.0. The number of rotatable bonds is 6. The predicted molar refractivity (Wildman–Crippen MR) is 130 cm³/mol. The molecule has 1 aromatic rings. The summed E-state index contributed by atoms with van der Waals surface area (Å²) in [6.45, 7) is 16.3. The van der Waals surface area contributed by atoms with E-state index in [1.807, 2.05) is 6.92 Å². The van der Waals surface area contributed by atoms with E-state index in [1.54, 1.807) is 12.1 Å². The van der Waals surface area contributed by atoms with Gasteiger partial charge in [-0.1, -0.05) is 71.1 Å². The summed E-state index contributed by atoms with van der Waals surface area (Å²) >= 11 is 0. The Hall–Kier alpha value is -2.46. The van der Waals surface area contributed by atoms with Crippen molar-refractivity contribution in [2.24, 2.45) is 0 Å². The molecule has 1 amide bonds. The van der Waals surface area contributed by atoms with Crippen molar-refractivity contribution in [3.8, 4) is 35.1 Å². The average molecular weight is 456 g/mol. The standard InChI is InChI=1S/C25H33NO3SSi/c1-9-13-25(27)26(30(28,29)24-16-14-23(8)15-17-24)18-11-10-12-19-31(20(2)3,21(4)5)22(6)7/h14-17,20-22H,18H2,1-8H3. The Labute approximate surface area is 189 Å². The second-order valence-corrected chi connectivity index (χ2v) is 15.9. The molecule has 0 saturated carbocycles. The largest absolute Gasteiger partial charge is 0.313 e. The van der Waals surface area contributed by atoms with Crippen LogP contribution >= 0.6 is 0 Å². The summed E-state index contributed by atoms with van der Waals surface area (Å²) in [5, 5.41) is 0. The highest BCUT2D eigenvalue weighted by Crippen LogP contribution is 2.40. The van der Waals surface area contributed by atoms with Crippen molar-refractivity contribution in [3.63, 3.8) is 0 Å². The number of amides is 1. The average Bonchev–Trinajstić information content (AvgIpc) is 2.66. The first-order valence-electron chi connectivity index (χ1n) is 10.5. The third kappa shape index (κ3) is 6.27. The second-order valence-electron chi connectivity index (χ2n) is 8.45. The third-order valence-corrected chi connectivity index (χ3v) is 13.6. The fourth-order valence-electron chi connectivity index (χ4n) is 4.00. The Morgan fingerprint density at radius 1 is 0.968 bits per heavy atom. The van der Waals surface area contributed by atoms with Crippen LogP contribution in [0.2, 0.25) is 16.6 Å². The second kappa shape index (κ2) is 11.2. The molecule has 1 rings (SSSR count). The highest BCUT2D eigenvalue weighted by molar-refractivity contribution is 7.89. The van der Waals surface area contributed by atoms with E-state index in [0.29, 0.717) is 20.9 Å². The minimum atomic E-state index is -4.06. The molecule has 6 heteroatoms. The van der Waals surface area contributed by atoms with Crippen molar-refractivity contribution in [3.05, 3.63) is 29.8 Å². The fourth-order valence-corrected chi connectivity index (χ4v) is 10.4. The Balaban J connectivity index is 3.29. The van der Waals surface area contributed by atoms with Gasteiger partial charge in [-0.3, -0.25) is 4.79 Å². The van der Waals surface area contributed by atoms with Gasteiger partial charge in [-0.05, 0) is 60.4 Å². The lowest BCUT2D eigenvalue weighted by Gasteiger charge is -2.37. The monoisotopic (exact) mass is 455 g/mol. The van der Waals surface area contributed by atoms with Gasteiger partial charge in [0.25, 0.3) is 10.0 Å². The summed E-state index contributed by atoms with van der Waals surface area (Å²) < 4.78 is 26.7. The van der Waals surface area contributed by atoms with Gasteiger partial charge in [-0.15, -0.1) is 5.54 Å². The number of hydrogen-bond donors (Lipinski definition) is 0. The first kappa shape index (κ1) is 26.6. The molecule has 0 fully saturated rings. The van der Waals surface area contributed by atoms with Crippen LogP contribution in [-0.4, -0.2) is 33.2 Å². The zero-order valence-electron chi connectivity index (χ0n) is 19.8. The summed E-state index contributed by atoms with van der Waals surface area (Å²) in [4.78, 5) is 12.4. The van der Waals surface area contributed by atoms with Crippen LogP contribution in [-0.2, 0) is 14.8 Å². The first-order valence-corrected chi connectivity index (χ1v) is 14.1. The molecule has 0 spiro atoms. The number of benzene rings is 1. The molecule has 0 aromatic heterocycles. The van der Waals surface area contributed by atoms with Crippen LogP contribution in [0.5, 0.6) is 0 Å². The molecule has 0 atom stereocenters. The zero-order chi connectivity index (χ0) is 23.8. The van der Waals surface area contributed by atoms with Crippen molar-refractivity contribution in [2.45, 2.75) is 76.9 Å². The molecular formula is C25H33NO3SSi. The van der Waals surface area contributed by atoms with Gasteiger partial charge >= 0.3 is 5.91 Å². The molecule has 0 aliphatic carbocycles. The van der Waals surface area contributed by atoms with E-state index < -0.39 is 24.0 Å². The number of sulfonamides is 1. The summed E-state index contributed by atoms with van der Waals surface area (Å²) in [5.41, 5.74) is 5.82. The zero-order valence-corrected chi connectivity index (χ0v) is 21.6. The van der Waals surface area contributed by atoms with Crippen LogP contribution in [0.1, 0.15) is 54.0 Å². The van der Waals surface area contributed by atoms with Gasteiger partial charge in [-0.2, -0.15) is 0 Å². The fraction of sp³-hybridized carbons (Fsp3) is 0.480. The quantitative estimate of drug-likeness (QED) is 0.459. The molecule has 0 radical (unpaired) electrons. The minimum Gasteiger partial charge on any atom is -0.258 e. The van der Waals surface area contributed by atoms with E-state index in [-0.39, 0.29) is 11.4 Å². The van der Waals surface area contributed by atoms with E-state index in [4.69, 9.17) is 0 Å². The smallest absolute Gasteiger partial charge is 0.258 e. The third-order valence-electron chi connectivity index (χ3n) is 5.59. The first-order chi connectivity index (χ1) is 14.4. The van der Waals surface area contributed by atoms with Crippen molar-refractivity contribution >= 4 is 24.0 Å². The molecule has 166 valence electrons. The molecule has 0 aliphatic rings. The molecule has 1 aromatic carbocycles. The van der Waals surface area contributed by atoms with E-state index in [0.717, 1.165) is 5.56 Å². The van der Waals surface area contributed by atoms with Gasteiger partial charge in [0.05, 0.1) is 4.90 Å². The number of carbonyl (C=O) groups excluding carboxylic acids is 1. The topological polar surface area (TPSA) is 54.5 Å². The van der Waals surface area contributed by atoms with Crippen molar-refractivity contribution in [1.29, 1.82) is 0 Å². The number of nitrogens with zero attached hydrogens (tertiary/aromatic N) is 1. The van der Waals surface area contributed by atoms with Crippen molar-refractivity contribution in [1.82, 2.24) is 4.31 Å². The lowest BCUT2D eigenvalue weighted by molar-refractivity contribution is -0.120. The Kier molecular flexibility index (Phi) is 9.63. The number of carbonyl (C=O) groups is 1. The number of hydrogen-bond acceptors (Lipinski definition) is 3.